The Morgan fingerprint density at radius 3 is 2.48 bits per heavy atom. The van der Waals surface area contributed by atoms with Crippen molar-refractivity contribution in [3.05, 3.63) is 24.2 Å². The molecule has 4 heteroatoms. The van der Waals surface area contributed by atoms with Crippen LogP contribution in [0, 0.1) is 5.92 Å². The summed E-state index contributed by atoms with van der Waals surface area (Å²) in [6.07, 6.45) is 12.7. The normalized spacial score (nSPS) is 22.4. The summed E-state index contributed by atoms with van der Waals surface area (Å²) in [4.78, 5) is 15.0. The minimum atomic E-state index is 0.177. The summed E-state index contributed by atoms with van der Waals surface area (Å²) in [6.45, 7) is 2.87. The van der Waals surface area contributed by atoms with Crippen molar-refractivity contribution >= 4 is 5.91 Å². The smallest absolute Gasteiger partial charge is 0.223 e. The van der Waals surface area contributed by atoms with Gasteiger partial charge in [0.15, 0.2) is 0 Å². The molecule has 1 aromatic heterocycles. The van der Waals surface area contributed by atoms with Crippen molar-refractivity contribution in [2.24, 2.45) is 5.92 Å². The van der Waals surface area contributed by atoms with E-state index < -0.39 is 0 Å². The lowest BCUT2D eigenvalue weighted by molar-refractivity contribution is -0.126. The quantitative estimate of drug-likeness (QED) is 0.896. The Morgan fingerprint density at radius 2 is 1.83 bits per heavy atom. The van der Waals surface area contributed by atoms with Gasteiger partial charge in [-0.25, -0.2) is 0 Å². The Balaban J connectivity index is 1.60. The SMILES string of the molecule is O=C(NCC(c1ccco1)N1CCCCCC1)C1CCCCC1. The second kappa shape index (κ2) is 8.53. The Labute approximate surface area is 139 Å². The van der Waals surface area contributed by atoms with Crippen molar-refractivity contribution in [3.8, 4) is 0 Å². The van der Waals surface area contributed by atoms with Crippen LogP contribution in [0.25, 0.3) is 0 Å². The lowest BCUT2D eigenvalue weighted by Gasteiger charge is -2.30. The molecule has 23 heavy (non-hydrogen) atoms. The predicted octanol–water partition coefficient (Wildman–Crippen LogP) is 3.89. The summed E-state index contributed by atoms with van der Waals surface area (Å²) in [6, 6.07) is 4.17. The number of likely N-dealkylation sites (tertiary alicyclic amines) is 1. The largest absolute Gasteiger partial charge is 0.468 e. The van der Waals surface area contributed by atoms with Crippen LogP contribution in [0.3, 0.4) is 0 Å². The average molecular weight is 318 g/mol. The summed E-state index contributed by atoms with van der Waals surface area (Å²) in [5.41, 5.74) is 0. The third kappa shape index (κ3) is 4.60. The number of carbonyl (C=O) groups is 1. The zero-order chi connectivity index (χ0) is 15.9. The van der Waals surface area contributed by atoms with Crippen molar-refractivity contribution in [2.75, 3.05) is 19.6 Å². The molecule has 1 unspecified atom stereocenters. The molecule has 1 amide bonds. The minimum Gasteiger partial charge on any atom is -0.468 e. The molecule has 0 bridgehead atoms. The molecule has 1 saturated carbocycles. The number of rotatable bonds is 5. The fourth-order valence-corrected chi connectivity index (χ4v) is 4.00. The molecular weight excluding hydrogens is 288 g/mol. The van der Waals surface area contributed by atoms with Crippen LogP contribution in [-0.2, 0) is 4.79 Å². The minimum absolute atomic E-state index is 0.177. The number of amides is 1. The van der Waals surface area contributed by atoms with E-state index in [1.807, 2.05) is 12.1 Å². The molecule has 2 heterocycles. The highest BCUT2D eigenvalue weighted by atomic mass is 16.3. The highest BCUT2D eigenvalue weighted by Crippen LogP contribution is 2.26. The van der Waals surface area contributed by atoms with Crippen molar-refractivity contribution in [2.45, 2.75) is 63.8 Å². The van der Waals surface area contributed by atoms with Crippen LogP contribution in [0.2, 0.25) is 0 Å². The number of carbonyl (C=O) groups excluding carboxylic acids is 1. The van der Waals surface area contributed by atoms with Gasteiger partial charge in [0.25, 0.3) is 0 Å². The van der Waals surface area contributed by atoms with Gasteiger partial charge in [0.05, 0.1) is 12.3 Å². The fourth-order valence-electron chi connectivity index (χ4n) is 4.00. The molecule has 3 rings (SSSR count). The first-order valence-corrected chi connectivity index (χ1v) is 9.40. The van der Waals surface area contributed by atoms with Crippen molar-refractivity contribution in [1.29, 1.82) is 0 Å². The van der Waals surface area contributed by atoms with E-state index in [1.165, 1.54) is 44.9 Å². The van der Waals surface area contributed by atoms with Gasteiger partial charge < -0.3 is 9.73 Å². The first-order valence-electron chi connectivity index (χ1n) is 9.40. The van der Waals surface area contributed by atoms with Gasteiger partial charge in [-0.15, -0.1) is 0 Å². The molecule has 2 fully saturated rings. The second-order valence-electron chi connectivity index (χ2n) is 7.06. The van der Waals surface area contributed by atoms with Gasteiger partial charge in [0, 0.05) is 12.5 Å². The van der Waals surface area contributed by atoms with E-state index in [4.69, 9.17) is 4.42 Å². The van der Waals surface area contributed by atoms with Crippen molar-refractivity contribution in [3.63, 3.8) is 0 Å². The van der Waals surface area contributed by atoms with Crippen LogP contribution in [0.1, 0.15) is 69.6 Å². The molecule has 128 valence electrons. The zero-order valence-electron chi connectivity index (χ0n) is 14.1. The van der Waals surface area contributed by atoms with Crippen LogP contribution in [0.4, 0.5) is 0 Å². The molecule has 1 aliphatic heterocycles. The Bertz CT molecular complexity index is 458. The van der Waals surface area contributed by atoms with Gasteiger partial charge in [-0.3, -0.25) is 9.69 Å². The van der Waals surface area contributed by atoms with Crippen LogP contribution in [0.15, 0.2) is 22.8 Å². The maximum atomic E-state index is 12.5. The molecule has 1 aliphatic carbocycles. The molecule has 0 spiro atoms. The summed E-state index contributed by atoms with van der Waals surface area (Å²) in [5, 5.41) is 3.22. The van der Waals surface area contributed by atoms with E-state index in [9.17, 15) is 4.79 Å². The van der Waals surface area contributed by atoms with E-state index >= 15 is 0 Å². The molecule has 2 aliphatic rings. The maximum absolute atomic E-state index is 12.5. The molecule has 1 atom stereocenters. The summed E-state index contributed by atoms with van der Waals surface area (Å²) in [5.74, 6) is 1.46. The fraction of sp³-hybridized carbons (Fsp3) is 0.737. The summed E-state index contributed by atoms with van der Waals surface area (Å²) in [7, 11) is 0. The topological polar surface area (TPSA) is 45.5 Å². The van der Waals surface area contributed by atoms with Crippen LogP contribution in [0.5, 0.6) is 0 Å². The van der Waals surface area contributed by atoms with Crippen LogP contribution < -0.4 is 5.32 Å². The van der Waals surface area contributed by atoms with Gasteiger partial charge in [0.2, 0.25) is 5.91 Å². The Kier molecular flexibility index (Phi) is 6.14. The zero-order valence-corrected chi connectivity index (χ0v) is 14.1. The Hall–Kier alpha value is -1.29. The molecule has 1 saturated heterocycles. The van der Waals surface area contributed by atoms with Gasteiger partial charge in [-0.2, -0.15) is 0 Å². The first-order chi connectivity index (χ1) is 11.3. The predicted molar refractivity (Wildman–Crippen MR) is 91.1 cm³/mol. The number of furan rings is 1. The van der Waals surface area contributed by atoms with Gasteiger partial charge in [0.1, 0.15) is 5.76 Å². The molecule has 4 nitrogen and oxygen atoms in total. The van der Waals surface area contributed by atoms with E-state index in [-0.39, 0.29) is 17.9 Å². The summed E-state index contributed by atoms with van der Waals surface area (Å²) < 4.78 is 5.67. The number of nitrogens with zero attached hydrogens (tertiary/aromatic N) is 1. The van der Waals surface area contributed by atoms with E-state index in [1.54, 1.807) is 6.26 Å². The molecule has 0 radical (unpaired) electrons. The third-order valence-corrected chi connectivity index (χ3v) is 5.40. The number of hydrogen-bond acceptors (Lipinski definition) is 3. The summed E-state index contributed by atoms with van der Waals surface area (Å²) >= 11 is 0. The van der Waals surface area contributed by atoms with Crippen molar-refractivity contribution in [1.82, 2.24) is 10.2 Å². The van der Waals surface area contributed by atoms with E-state index in [2.05, 4.69) is 10.2 Å². The lowest BCUT2D eigenvalue weighted by atomic mass is 9.88. The van der Waals surface area contributed by atoms with Crippen LogP contribution in [-0.4, -0.2) is 30.4 Å². The monoisotopic (exact) mass is 318 g/mol. The highest BCUT2D eigenvalue weighted by molar-refractivity contribution is 5.78. The molecule has 1 aromatic rings. The molecule has 1 N–H and O–H groups in total. The third-order valence-electron chi connectivity index (χ3n) is 5.40. The molecular formula is C19H30N2O2. The van der Waals surface area contributed by atoms with Gasteiger partial charge in [-0.05, 0) is 50.9 Å². The van der Waals surface area contributed by atoms with E-state index in [0.29, 0.717) is 6.54 Å². The number of nitrogens with one attached hydrogen (secondary N) is 1. The second-order valence-corrected chi connectivity index (χ2v) is 7.06. The van der Waals surface area contributed by atoms with Crippen LogP contribution >= 0.6 is 0 Å². The first kappa shape index (κ1) is 16.6. The van der Waals surface area contributed by atoms with Gasteiger partial charge in [-0.1, -0.05) is 32.1 Å². The Morgan fingerprint density at radius 1 is 1.13 bits per heavy atom. The highest BCUT2D eigenvalue weighted by Gasteiger charge is 2.26. The number of hydrogen-bond donors (Lipinski definition) is 1. The maximum Gasteiger partial charge on any atom is 0.223 e. The lowest BCUT2D eigenvalue weighted by Crippen LogP contribution is -2.40. The van der Waals surface area contributed by atoms with E-state index in [0.717, 1.165) is 31.7 Å². The van der Waals surface area contributed by atoms with Gasteiger partial charge >= 0.3 is 0 Å². The average Bonchev–Trinajstić information content (AvgIpc) is 2.99. The van der Waals surface area contributed by atoms with Crippen molar-refractivity contribution < 1.29 is 9.21 Å². The standard InChI is InChI=1S/C19H30N2O2/c22-19(16-9-4-3-5-10-16)20-15-17(18-11-8-14-23-18)21-12-6-1-2-7-13-21/h8,11,14,16-17H,1-7,9-10,12-13,15H2,(H,20,22). The molecule has 0 aromatic carbocycles.